The summed E-state index contributed by atoms with van der Waals surface area (Å²) in [7, 11) is -3.65. The van der Waals surface area contributed by atoms with E-state index in [0.717, 1.165) is 0 Å². The molecule has 0 aliphatic heterocycles. The fraction of sp³-hybridized carbons (Fsp3) is 0.857. The van der Waals surface area contributed by atoms with Crippen molar-refractivity contribution in [2.75, 3.05) is 5.75 Å². The monoisotopic (exact) mass is 318 g/mol. The van der Waals surface area contributed by atoms with Crippen molar-refractivity contribution in [1.82, 2.24) is 0 Å². The molecule has 0 aromatic carbocycles. The van der Waals surface area contributed by atoms with Gasteiger partial charge in [0.15, 0.2) is 21.2 Å². The molecule has 1 amide bonds. The van der Waals surface area contributed by atoms with Crippen LogP contribution in [0.25, 0.3) is 0 Å². The number of ketones is 1. The zero-order chi connectivity index (χ0) is 16.3. The van der Waals surface area contributed by atoms with Crippen LogP contribution in [-0.2, 0) is 19.4 Å². The first-order valence-electron chi connectivity index (χ1n) is 7.53. The third kappa shape index (κ3) is 4.26. The van der Waals surface area contributed by atoms with Crippen LogP contribution in [0, 0.1) is 5.92 Å². The summed E-state index contributed by atoms with van der Waals surface area (Å²) in [6, 6.07) is 0. The number of hydrogen-bond donors (Lipinski definition) is 2. The average Bonchev–Trinajstić information content (AvgIpc) is 3.21. The molecule has 1 saturated carbocycles. The van der Waals surface area contributed by atoms with E-state index in [2.05, 4.69) is 0 Å². The van der Waals surface area contributed by atoms with Gasteiger partial charge in [0.1, 0.15) is 0 Å². The minimum Gasteiger partial charge on any atom is -0.368 e. The van der Waals surface area contributed by atoms with Crippen LogP contribution in [0.5, 0.6) is 0 Å². The first-order valence-corrected chi connectivity index (χ1v) is 9.25. The van der Waals surface area contributed by atoms with Crippen LogP contribution in [-0.4, -0.2) is 36.6 Å². The van der Waals surface area contributed by atoms with Gasteiger partial charge >= 0.3 is 0 Å². The Labute approximate surface area is 126 Å². The summed E-state index contributed by atoms with van der Waals surface area (Å²) in [5, 5.41) is -0.568. The standard InChI is InChI=1S/C14H26N2O4S/c1-3-5-11(6-4-2)21(19,20)9-14(16,13(15)18)12(17)10-7-8-10/h10-11H,3-9,16H2,1-2H3,(H2,15,18)/t14-/m0/s1. The quantitative estimate of drug-likeness (QED) is 0.569. The molecular formula is C14H26N2O4S. The minimum absolute atomic E-state index is 0.312. The fourth-order valence-corrected chi connectivity index (χ4v) is 4.90. The molecule has 4 N–H and O–H groups in total. The maximum absolute atomic E-state index is 12.5. The van der Waals surface area contributed by atoms with Crippen LogP contribution in [0.15, 0.2) is 0 Å². The predicted molar refractivity (Wildman–Crippen MR) is 81.2 cm³/mol. The molecule has 6 nitrogen and oxygen atoms in total. The lowest BCUT2D eigenvalue weighted by molar-refractivity contribution is -0.133. The molecule has 0 unspecified atom stereocenters. The van der Waals surface area contributed by atoms with Gasteiger partial charge in [-0.05, 0) is 25.7 Å². The summed E-state index contributed by atoms with van der Waals surface area (Å²) in [6.07, 6.45) is 3.74. The minimum atomic E-state index is -3.65. The number of carbonyl (C=O) groups is 2. The summed E-state index contributed by atoms with van der Waals surface area (Å²) in [5.74, 6) is -2.55. The highest BCUT2D eigenvalue weighted by atomic mass is 32.2. The van der Waals surface area contributed by atoms with Crippen molar-refractivity contribution in [3.8, 4) is 0 Å². The summed E-state index contributed by atoms with van der Waals surface area (Å²) in [5.41, 5.74) is 9.00. The second-order valence-corrected chi connectivity index (χ2v) is 8.26. The Morgan fingerprint density at radius 1 is 1.19 bits per heavy atom. The summed E-state index contributed by atoms with van der Waals surface area (Å²) in [4.78, 5) is 23.8. The topological polar surface area (TPSA) is 120 Å². The maximum atomic E-state index is 12.5. The third-order valence-corrected chi connectivity index (χ3v) is 6.33. The number of carbonyl (C=O) groups excluding carboxylic acids is 2. The molecule has 1 aliphatic rings. The largest absolute Gasteiger partial charge is 0.368 e. The molecule has 7 heteroatoms. The molecule has 1 atom stereocenters. The molecule has 0 aromatic heterocycles. The summed E-state index contributed by atoms with van der Waals surface area (Å²) < 4.78 is 25.1. The van der Waals surface area contributed by atoms with E-state index < -0.39 is 38.1 Å². The average molecular weight is 318 g/mol. The van der Waals surface area contributed by atoms with Crippen LogP contribution in [0.3, 0.4) is 0 Å². The second kappa shape index (κ2) is 6.87. The summed E-state index contributed by atoms with van der Waals surface area (Å²) >= 11 is 0. The summed E-state index contributed by atoms with van der Waals surface area (Å²) in [6.45, 7) is 3.80. The number of sulfone groups is 1. The van der Waals surface area contributed by atoms with Crippen molar-refractivity contribution in [2.45, 2.75) is 63.2 Å². The number of hydrogen-bond acceptors (Lipinski definition) is 5. The molecule has 21 heavy (non-hydrogen) atoms. The smallest absolute Gasteiger partial charge is 0.246 e. The van der Waals surface area contributed by atoms with E-state index in [1.165, 1.54) is 0 Å². The van der Waals surface area contributed by atoms with E-state index in [1.54, 1.807) is 0 Å². The maximum Gasteiger partial charge on any atom is 0.246 e. The van der Waals surface area contributed by atoms with Gasteiger partial charge in [-0.1, -0.05) is 26.7 Å². The van der Waals surface area contributed by atoms with Crippen LogP contribution in [0.2, 0.25) is 0 Å². The number of primary amides is 1. The van der Waals surface area contributed by atoms with Crippen LogP contribution in [0.1, 0.15) is 52.4 Å². The van der Waals surface area contributed by atoms with E-state index >= 15 is 0 Å². The molecule has 1 aliphatic carbocycles. The number of Topliss-reactive ketones (excluding diaryl/α,β-unsaturated/α-hetero) is 1. The molecule has 1 rings (SSSR count). The molecule has 122 valence electrons. The van der Waals surface area contributed by atoms with E-state index in [9.17, 15) is 18.0 Å². The lowest BCUT2D eigenvalue weighted by Crippen LogP contribution is -2.63. The van der Waals surface area contributed by atoms with Gasteiger partial charge in [0, 0.05) is 5.92 Å². The third-order valence-electron chi connectivity index (χ3n) is 3.99. The van der Waals surface area contributed by atoms with Crippen molar-refractivity contribution in [1.29, 1.82) is 0 Å². The Kier molecular flexibility index (Phi) is 5.92. The lowest BCUT2D eigenvalue weighted by atomic mass is 9.93. The van der Waals surface area contributed by atoms with E-state index in [1.807, 2.05) is 13.8 Å². The molecular weight excluding hydrogens is 292 g/mol. The zero-order valence-corrected chi connectivity index (χ0v) is 13.6. The van der Waals surface area contributed by atoms with Gasteiger partial charge in [0.05, 0.1) is 11.0 Å². The van der Waals surface area contributed by atoms with Gasteiger partial charge < -0.3 is 11.5 Å². The van der Waals surface area contributed by atoms with Gasteiger partial charge in [-0.15, -0.1) is 0 Å². The Bertz CT molecular complexity index is 493. The first-order chi connectivity index (χ1) is 9.69. The molecule has 0 radical (unpaired) electrons. The van der Waals surface area contributed by atoms with Gasteiger partial charge in [0.2, 0.25) is 5.91 Å². The van der Waals surface area contributed by atoms with Crippen molar-refractivity contribution in [3.63, 3.8) is 0 Å². The Morgan fingerprint density at radius 2 is 1.67 bits per heavy atom. The number of nitrogens with two attached hydrogens (primary N) is 2. The Morgan fingerprint density at radius 3 is 2.00 bits per heavy atom. The van der Waals surface area contributed by atoms with E-state index in [0.29, 0.717) is 38.5 Å². The molecule has 0 spiro atoms. The van der Waals surface area contributed by atoms with Crippen molar-refractivity contribution < 1.29 is 18.0 Å². The molecule has 1 fully saturated rings. The number of amides is 1. The molecule has 0 aromatic rings. The van der Waals surface area contributed by atoms with Gasteiger partial charge in [-0.3, -0.25) is 9.59 Å². The molecule has 0 heterocycles. The highest BCUT2D eigenvalue weighted by Gasteiger charge is 2.50. The van der Waals surface area contributed by atoms with E-state index in [-0.39, 0.29) is 5.92 Å². The van der Waals surface area contributed by atoms with Gasteiger partial charge in [0.25, 0.3) is 0 Å². The normalized spacial score (nSPS) is 18.5. The van der Waals surface area contributed by atoms with Crippen LogP contribution in [0.4, 0.5) is 0 Å². The highest BCUT2D eigenvalue weighted by molar-refractivity contribution is 7.92. The zero-order valence-electron chi connectivity index (χ0n) is 12.8. The number of rotatable bonds is 10. The van der Waals surface area contributed by atoms with Crippen molar-refractivity contribution in [2.24, 2.45) is 17.4 Å². The second-order valence-electron chi connectivity index (χ2n) is 5.98. The SMILES string of the molecule is CCCC(CCC)S(=O)(=O)C[C@@](N)(C(N)=O)C(=O)C1CC1. The first kappa shape index (κ1) is 18.1. The molecule has 0 saturated heterocycles. The fourth-order valence-electron chi connectivity index (χ4n) is 2.56. The highest BCUT2D eigenvalue weighted by Crippen LogP contribution is 2.34. The Balaban J connectivity index is 3.00. The van der Waals surface area contributed by atoms with Crippen molar-refractivity contribution >= 4 is 21.5 Å². The predicted octanol–water partition coefficient (Wildman–Crippen LogP) is 0.532. The lowest BCUT2D eigenvalue weighted by Gasteiger charge is -2.27. The van der Waals surface area contributed by atoms with Gasteiger partial charge in [-0.25, -0.2) is 8.42 Å². The van der Waals surface area contributed by atoms with Crippen LogP contribution < -0.4 is 11.5 Å². The van der Waals surface area contributed by atoms with Crippen molar-refractivity contribution in [3.05, 3.63) is 0 Å². The van der Waals surface area contributed by atoms with Gasteiger partial charge in [-0.2, -0.15) is 0 Å². The van der Waals surface area contributed by atoms with Crippen LogP contribution >= 0.6 is 0 Å². The molecule has 0 bridgehead atoms. The van der Waals surface area contributed by atoms with E-state index in [4.69, 9.17) is 11.5 Å². The Hall–Kier alpha value is -0.950.